The molecule has 0 aromatic carbocycles. The Balaban J connectivity index is 1.75. The lowest BCUT2D eigenvalue weighted by Crippen LogP contribution is -2.40. The van der Waals surface area contributed by atoms with Crippen LogP contribution in [-0.4, -0.2) is 37.0 Å². The van der Waals surface area contributed by atoms with Crippen molar-refractivity contribution in [1.82, 2.24) is 10.2 Å². The van der Waals surface area contributed by atoms with Gasteiger partial charge in [-0.25, -0.2) is 0 Å². The summed E-state index contributed by atoms with van der Waals surface area (Å²) in [5.74, 6) is 2.25. The van der Waals surface area contributed by atoms with Crippen molar-refractivity contribution in [3.63, 3.8) is 0 Å². The van der Waals surface area contributed by atoms with Gasteiger partial charge in [0.2, 0.25) is 5.91 Å². The third-order valence-electron chi connectivity index (χ3n) is 4.91. The number of likely N-dealkylation sites (tertiary alicyclic amines) is 1. The van der Waals surface area contributed by atoms with Gasteiger partial charge in [0.15, 0.2) is 0 Å². The van der Waals surface area contributed by atoms with Crippen molar-refractivity contribution >= 4 is 5.91 Å². The molecule has 2 heterocycles. The van der Waals surface area contributed by atoms with Gasteiger partial charge in [0, 0.05) is 19.5 Å². The largest absolute Gasteiger partial charge is 0.343 e. The first-order chi connectivity index (χ1) is 9.20. The zero-order valence-electron chi connectivity index (χ0n) is 12.2. The molecule has 1 unspecified atom stereocenters. The Kier molecular flexibility index (Phi) is 5.44. The monoisotopic (exact) mass is 264 g/mol. The van der Waals surface area contributed by atoms with Crippen molar-refractivity contribution in [2.75, 3.05) is 26.2 Å². The summed E-state index contributed by atoms with van der Waals surface area (Å²) in [5, 5.41) is 3.39. The fourth-order valence-corrected chi connectivity index (χ4v) is 3.37. The molecule has 2 aliphatic heterocycles. The van der Waals surface area contributed by atoms with E-state index in [0.29, 0.717) is 17.7 Å². The molecule has 1 N–H and O–H groups in total. The molecule has 0 spiro atoms. The smallest absolute Gasteiger partial charge is 0.222 e. The summed E-state index contributed by atoms with van der Waals surface area (Å²) in [6.45, 7) is 10.2. The molecule has 3 heteroatoms. The molecule has 0 bridgehead atoms. The van der Waals surface area contributed by atoms with Gasteiger partial charge in [-0.3, -0.25) is 4.79 Å². The number of hydrogen-bond acceptors (Lipinski definition) is 2. The molecular formula is C16H28N2O. The van der Waals surface area contributed by atoms with Crippen LogP contribution in [0.25, 0.3) is 0 Å². The highest BCUT2D eigenvalue weighted by molar-refractivity contribution is 5.76. The first-order valence-corrected chi connectivity index (χ1v) is 7.81. The Morgan fingerprint density at radius 1 is 1.32 bits per heavy atom. The minimum atomic E-state index is 0.369. The van der Waals surface area contributed by atoms with E-state index in [9.17, 15) is 4.79 Å². The number of piperidine rings is 2. The number of carbonyl (C=O) groups is 1. The fraction of sp³-hybridized carbons (Fsp3) is 0.812. The maximum atomic E-state index is 12.3. The predicted molar refractivity (Wildman–Crippen MR) is 78.9 cm³/mol. The van der Waals surface area contributed by atoms with Crippen molar-refractivity contribution in [2.45, 2.75) is 39.0 Å². The van der Waals surface area contributed by atoms with E-state index < -0.39 is 0 Å². The topological polar surface area (TPSA) is 32.3 Å². The van der Waals surface area contributed by atoms with E-state index in [4.69, 9.17) is 0 Å². The summed E-state index contributed by atoms with van der Waals surface area (Å²) in [4.78, 5) is 14.4. The predicted octanol–water partition coefficient (Wildman–Crippen LogP) is 2.44. The van der Waals surface area contributed by atoms with E-state index >= 15 is 0 Å². The fourth-order valence-electron chi connectivity index (χ4n) is 3.37. The van der Waals surface area contributed by atoms with Gasteiger partial charge in [-0.05, 0) is 56.5 Å². The van der Waals surface area contributed by atoms with Gasteiger partial charge < -0.3 is 10.2 Å². The Labute approximate surface area is 117 Å². The number of rotatable bonds is 4. The number of hydrogen-bond donors (Lipinski definition) is 1. The molecule has 108 valence electrons. The van der Waals surface area contributed by atoms with Crippen LogP contribution in [0.2, 0.25) is 0 Å². The van der Waals surface area contributed by atoms with Crippen molar-refractivity contribution in [1.29, 1.82) is 0 Å². The number of carbonyl (C=O) groups excluding carboxylic acids is 1. The van der Waals surface area contributed by atoms with Crippen LogP contribution in [0.4, 0.5) is 0 Å². The molecule has 2 fully saturated rings. The van der Waals surface area contributed by atoms with Crippen LogP contribution in [0.3, 0.4) is 0 Å². The lowest BCUT2D eigenvalue weighted by Gasteiger charge is -2.33. The normalized spacial score (nSPS) is 24.2. The van der Waals surface area contributed by atoms with Gasteiger partial charge in [0.25, 0.3) is 0 Å². The molecule has 1 atom stereocenters. The van der Waals surface area contributed by atoms with Gasteiger partial charge in [-0.1, -0.05) is 13.0 Å². The summed E-state index contributed by atoms with van der Waals surface area (Å²) in [7, 11) is 0. The quantitative estimate of drug-likeness (QED) is 0.791. The molecular weight excluding hydrogens is 236 g/mol. The number of allylic oxidation sites excluding steroid dienone is 1. The van der Waals surface area contributed by atoms with E-state index in [2.05, 4.69) is 23.7 Å². The molecule has 0 radical (unpaired) electrons. The zero-order valence-corrected chi connectivity index (χ0v) is 12.2. The van der Waals surface area contributed by atoms with Crippen LogP contribution >= 0.6 is 0 Å². The van der Waals surface area contributed by atoms with E-state index in [1.807, 2.05) is 6.08 Å². The number of nitrogens with one attached hydrogen (secondary N) is 1. The Morgan fingerprint density at radius 2 is 1.95 bits per heavy atom. The molecule has 2 aliphatic rings. The molecule has 2 rings (SSSR count). The standard InChI is InChI=1S/C16H28N2O/c1-3-14-6-10-18(11-7-14)16(19)12-13(2)15-4-8-17-9-5-15/h3,13-15,17H,1,4-12H2,2H3. The van der Waals surface area contributed by atoms with E-state index in [1.54, 1.807) is 0 Å². The van der Waals surface area contributed by atoms with E-state index in [1.165, 1.54) is 12.8 Å². The van der Waals surface area contributed by atoms with Crippen molar-refractivity contribution < 1.29 is 4.79 Å². The minimum Gasteiger partial charge on any atom is -0.343 e. The van der Waals surface area contributed by atoms with Crippen molar-refractivity contribution in [3.05, 3.63) is 12.7 Å². The Hall–Kier alpha value is -0.830. The maximum absolute atomic E-state index is 12.3. The average molecular weight is 264 g/mol. The highest BCUT2D eigenvalue weighted by atomic mass is 16.2. The first kappa shape index (κ1) is 14.6. The summed E-state index contributed by atoms with van der Waals surface area (Å²) < 4.78 is 0. The van der Waals surface area contributed by atoms with Crippen LogP contribution in [0.15, 0.2) is 12.7 Å². The lowest BCUT2D eigenvalue weighted by atomic mass is 9.83. The molecule has 3 nitrogen and oxygen atoms in total. The van der Waals surface area contributed by atoms with Crippen LogP contribution in [0.1, 0.15) is 39.0 Å². The highest BCUT2D eigenvalue weighted by Crippen LogP contribution is 2.26. The minimum absolute atomic E-state index is 0.369. The summed E-state index contributed by atoms with van der Waals surface area (Å²) in [6.07, 6.45) is 7.43. The lowest BCUT2D eigenvalue weighted by molar-refractivity contribution is -0.133. The van der Waals surface area contributed by atoms with Crippen molar-refractivity contribution in [2.24, 2.45) is 17.8 Å². The van der Waals surface area contributed by atoms with E-state index in [-0.39, 0.29) is 0 Å². The van der Waals surface area contributed by atoms with Crippen LogP contribution in [0, 0.1) is 17.8 Å². The van der Waals surface area contributed by atoms with Gasteiger partial charge >= 0.3 is 0 Å². The van der Waals surface area contributed by atoms with Crippen molar-refractivity contribution in [3.8, 4) is 0 Å². The molecule has 0 saturated carbocycles. The Morgan fingerprint density at radius 3 is 2.53 bits per heavy atom. The maximum Gasteiger partial charge on any atom is 0.222 e. The van der Waals surface area contributed by atoms with Gasteiger partial charge in [0.1, 0.15) is 0 Å². The third kappa shape index (κ3) is 4.07. The Bertz CT molecular complexity index is 302. The number of amides is 1. The average Bonchev–Trinajstić information content (AvgIpc) is 2.48. The zero-order chi connectivity index (χ0) is 13.7. The van der Waals surface area contributed by atoms with Crippen LogP contribution < -0.4 is 5.32 Å². The van der Waals surface area contributed by atoms with Gasteiger partial charge in [-0.2, -0.15) is 0 Å². The molecule has 0 aromatic heterocycles. The number of nitrogens with zero attached hydrogens (tertiary/aromatic N) is 1. The van der Waals surface area contributed by atoms with Crippen LogP contribution in [-0.2, 0) is 4.79 Å². The molecule has 2 saturated heterocycles. The second kappa shape index (κ2) is 7.09. The second-order valence-electron chi connectivity index (χ2n) is 6.22. The molecule has 0 aliphatic carbocycles. The summed E-state index contributed by atoms with van der Waals surface area (Å²) in [5.41, 5.74) is 0. The molecule has 1 amide bonds. The SMILES string of the molecule is C=CC1CCN(C(=O)CC(C)C2CCNCC2)CC1. The third-order valence-corrected chi connectivity index (χ3v) is 4.91. The van der Waals surface area contributed by atoms with Gasteiger partial charge in [-0.15, -0.1) is 6.58 Å². The molecule has 0 aromatic rings. The van der Waals surface area contributed by atoms with E-state index in [0.717, 1.165) is 51.4 Å². The van der Waals surface area contributed by atoms with Gasteiger partial charge in [0.05, 0.1) is 0 Å². The summed E-state index contributed by atoms with van der Waals surface area (Å²) >= 11 is 0. The molecule has 19 heavy (non-hydrogen) atoms. The second-order valence-corrected chi connectivity index (χ2v) is 6.22. The summed E-state index contributed by atoms with van der Waals surface area (Å²) in [6, 6.07) is 0. The first-order valence-electron chi connectivity index (χ1n) is 7.81. The van der Waals surface area contributed by atoms with Crippen LogP contribution in [0.5, 0.6) is 0 Å². The highest BCUT2D eigenvalue weighted by Gasteiger charge is 2.26.